The van der Waals surface area contributed by atoms with Gasteiger partial charge in [0.25, 0.3) is 11.6 Å². The number of carbonyl (C=O) groups excluding carboxylic acids is 3. The molecule has 0 radical (unpaired) electrons. The van der Waals surface area contributed by atoms with Crippen molar-refractivity contribution in [2.75, 3.05) is 13.2 Å². The van der Waals surface area contributed by atoms with Gasteiger partial charge in [0.2, 0.25) is 5.78 Å². The summed E-state index contributed by atoms with van der Waals surface area (Å²) in [6, 6.07) is 8.43. The van der Waals surface area contributed by atoms with E-state index in [1.807, 2.05) is 0 Å². The third kappa shape index (κ3) is 2.58. The minimum atomic E-state index is -0.841. The molecule has 0 saturated heterocycles. The lowest BCUT2D eigenvalue weighted by Crippen LogP contribution is -2.29. The van der Waals surface area contributed by atoms with Gasteiger partial charge in [0.05, 0.1) is 11.5 Å². The molecule has 126 valence electrons. The molecule has 0 fully saturated rings. The van der Waals surface area contributed by atoms with Gasteiger partial charge in [-0.1, -0.05) is 24.3 Å². The van der Waals surface area contributed by atoms with Gasteiger partial charge in [0.1, 0.15) is 11.1 Å². The van der Waals surface area contributed by atoms with Crippen LogP contribution < -0.4 is 5.32 Å². The Hall–Kier alpha value is -3.39. The molecule has 0 aliphatic heterocycles. The van der Waals surface area contributed by atoms with Gasteiger partial charge in [-0.2, -0.15) is 0 Å². The van der Waals surface area contributed by atoms with E-state index < -0.39 is 28.1 Å². The first-order valence-corrected chi connectivity index (χ1v) is 7.36. The number of nitrogens with one attached hydrogen (secondary N) is 1. The predicted molar refractivity (Wildman–Crippen MR) is 85.8 cm³/mol. The number of nitro groups is 1. The van der Waals surface area contributed by atoms with Crippen LogP contribution in [0.2, 0.25) is 0 Å². The van der Waals surface area contributed by atoms with Crippen LogP contribution in [0.15, 0.2) is 36.4 Å². The Morgan fingerprint density at radius 3 is 2.28 bits per heavy atom. The Balaban J connectivity index is 2.24. The Kier molecular flexibility index (Phi) is 4.12. The van der Waals surface area contributed by atoms with Crippen LogP contribution in [-0.2, 0) is 0 Å². The fourth-order valence-electron chi connectivity index (χ4n) is 2.81. The van der Waals surface area contributed by atoms with Gasteiger partial charge in [-0.3, -0.25) is 24.5 Å². The number of amides is 1. The lowest BCUT2D eigenvalue weighted by atomic mass is 9.82. The van der Waals surface area contributed by atoms with E-state index in [4.69, 9.17) is 5.11 Å². The van der Waals surface area contributed by atoms with Crippen molar-refractivity contribution in [3.05, 3.63) is 74.3 Å². The predicted octanol–water partition coefficient (Wildman–Crippen LogP) is 1.09. The molecule has 25 heavy (non-hydrogen) atoms. The Morgan fingerprint density at radius 1 is 1.04 bits per heavy atom. The van der Waals surface area contributed by atoms with E-state index in [0.717, 1.165) is 6.07 Å². The maximum Gasteiger partial charge on any atom is 0.294 e. The zero-order valence-corrected chi connectivity index (χ0v) is 12.8. The van der Waals surface area contributed by atoms with Gasteiger partial charge in [0, 0.05) is 23.2 Å². The van der Waals surface area contributed by atoms with Gasteiger partial charge in [-0.15, -0.1) is 0 Å². The topological polar surface area (TPSA) is 127 Å². The monoisotopic (exact) mass is 340 g/mol. The summed E-state index contributed by atoms with van der Waals surface area (Å²) in [5, 5.41) is 22.6. The van der Waals surface area contributed by atoms with Crippen molar-refractivity contribution in [3.8, 4) is 0 Å². The first-order valence-electron chi connectivity index (χ1n) is 7.36. The van der Waals surface area contributed by atoms with Crippen LogP contribution in [0.1, 0.15) is 42.2 Å². The number of fused-ring (bicyclic) bond motifs is 2. The van der Waals surface area contributed by atoms with Crippen LogP contribution in [0.5, 0.6) is 0 Å². The highest BCUT2D eigenvalue weighted by Gasteiger charge is 2.38. The van der Waals surface area contributed by atoms with Gasteiger partial charge in [-0.05, 0) is 12.1 Å². The number of hydrogen-bond donors (Lipinski definition) is 2. The van der Waals surface area contributed by atoms with Crippen LogP contribution in [0, 0.1) is 10.1 Å². The maximum atomic E-state index is 12.7. The second kappa shape index (κ2) is 6.25. The third-order valence-electron chi connectivity index (χ3n) is 3.89. The molecule has 3 rings (SSSR count). The molecule has 0 aromatic heterocycles. The minimum Gasteiger partial charge on any atom is -0.395 e. The average molecular weight is 340 g/mol. The van der Waals surface area contributed by atoms with E-state index in [-0.39, 0.29) is 41.0 Å². The summed E-state index contributed by atoms with van der Waals surface area (Å²) in [7, 11) is 0. The van der Waals surface area contributed by atoms with Crippen LogP contribution in [0.4, 0.5) is 5.69 Å². The molecule has 0 atom stereocenters. The van der Waals surface area contributed by atoms with Crippen LogP contribution in [0.3, 0.4) is 0 Å². The zero-order valence-electron chi connectivity index (χ0n) is 12.8. The summed E-state index contributed by atoms with van der Waals surface area (Å²) in [6.45, 7) is -0.432. The number of carbonyl (C=O) groups is 3. The van der Waals surface area contributed by atoms with Crippen LogP contribution in [0.25, 0.3) is 0 Å². The van der Waals surface area contributed by atoms with Crippen LogP contribution >= 0.6 is 0 Å². The van der Waals surface area contributed by atoms with Gasteiger partial charge < -0.3 is 10.4 Å². The molecule has 0 saturated carbocycles. The van der Waals surface area contributed by atoms with E-state index in [9.17, 15) is 24.5 Å². The quantitative estimate of drug-likeness (QED) is 0.541. The van der Waals surface area contributed by atoms with Gasteiger partial charge in [0.15, 0.2) is 5.78 Å². The Morgan fingerprint density at radius 2 is 1.68 bits per heavy atom. The Bertz CT molecular complexity index is 935. The van der Waals surface area contributed by atoms with E-state index in [1.165, 1.54) is 18.2 Å². The molecule has 2 aromatic rings. The lowest BCUT2D eigenvalue weighted by molar-refractivity contribution is -0.385. The van der Waals surface area contributed by atoms with Gasteiger partial charge >= 0.3 is 0 Å². The highest BCUT2D eigenvalue weighted by atomic mass is 16.6. The molecule has 2 N–H and O–H groups in total. The van der Waals surface area contributed by atoms with E-state index in [0.29, 0.717) is 0 Å². The number of hydrogen-bond acceptors (Lipinski definition) is 6. The molecular formula is C17H12N2O6. The summed E-state index contributed by atoms with van der Waals surface area (Å²) in [6.07, 6.45) is 0. The number of benzene rings is 2. The fourth-order valence-corrected chi connectivity index (χ4v) is 2.81. The summed E-state index contributed by atoms with van der Waals surface area (Å²) in [4.78, 5) is 48.1. The fraction of sp³-hybridized carbons (Fsp3) is 0.118. The van der Waals surface area contributed by atoms with E-state index in [2.05, 4.69) is 5.32 Å². The molecule has 0 unspecified atom stereocenters. The SMILES string of the molecule is O=C1c2ccccc2C(=O)c2c1ccc(C(=O)NCCO)c2[N+](=O)[O-]. The maximum absolute atomic E-state index is 12.7. The molecular weight excluding hydrogens is 328 g/mol. The number of rotatable bonds is 4. The smallest absolute Gasteiger partial charge is 0.294 e. The first-order chi connectivity index (χ1) is 12.0. The van der Waals surface area contributed by atoms with Crippen molar-refractivity contribution in [1.29, 1.82) is 0 Å². The molecule has 0 spiro atoms. The van der Waals surface area contributed by atoms with E-state index >= 15 is 0 Å². The largest absolute Gasteiger partial charge is 0.395 e. The second-order valence-corrected chi connectivity index (χ2v) is 5.32. The summed E-state index contributed by atoms with van der Waals surface area (Å²) in [5.41, 5.74) is -1.29. The summed E-state index contributed by atoms with van der Waals surface area (Å²) < 4.78 is 0. The first kappa shape index (κ1) is 16.5. The number of nitrogens with zero attached hydrogens (tertiary/aromatic N) is 1. The third-order valence-corrected chi connectivity index (χ3v) is 3.89. The highest BCUT2D eigenvalue weighted by Crippen LogP contribution is 2.35. The molecule has 1 amide bonds. The molecule has 1 aliphatic rings. The molecule has 1 aliphatic carbocycles. The molecule has 2 aromatic carbocycles. The molecule has 0 heterocycles. The number of aliphatic hydroxyl groups is 1. The summed E-state index contributed by atoms with van der Waals surface area (Å²) >= 11 is 0. The lowest BCUT2D eigenvalue weighted by Gasteiger charge is -2.18. The van der Waals surface area contributed by atoms with Crippen molar-refractivity contribution in [2.45, 2.75) is 0 Å². The molecule has 0 bridgehead atoms. The molecule has 8 heteroatoms. The van der Waals surface area contributed by atoms with Crippen molar-refractivity contribution < 1.29 is 24.4 Å². The summed E-state index contributed by atoms with van der Waals surface area (Å²) in [5.74, 6) is -1.98. The molecule has 8 nitrogen and oxygen atoms in total. The second-order valence-electron chi connectivity index (χ2n) is 5.32. The number of nitro benzene ring substituents is 1. The standard InChI is InChI=1S/C17H12N2O6/c20-8-7-18-17(23)12-6-5-11-13(14(12)19(24)25)16(22)10-4-2-1-3-9(10)15(11)21/h1-6,20H,7-8H2,(H,18,23). The van der Waals surface area contributed by atoms with Crippen LogP contribution in [-0.4, -0.2) is 40.7 Å². The number of aliphatic hydroxyl groups excluding tert-OH is 1. The minimum absolute atomic E-state index is 0.0658. The number of ketones is 2. The Labute approximate surface area is 141 Å². The van der Waals surface area contributed by atoms with Crippen molar-refractivity contribution in [3.63, 3.8) is 0 Å². The van der Waals surface area contributed by atoms with E-state index in [1.54, 1.807) is 12.1 Å². The van der Waals surface area contributed by atoms with Crippen molar-refractivity contribution >= 4 is 23.2 Å². The van der Waals surface area contributed by atoms with Crippen molar-refractivity contribution in [2.24, 2.45) is 0 Å². The highest BCUT2D eigenvalue weighted by molar-refractivity contribution is 6.30. The van der Waals surface area contributed by atoms with Crippen molar-refractivity contribution in [1.82, 2.24) is 5.32 Å². The average Bonchev–Trinajstić information content (AvgIpc) is 2.62. The normalized spacial score (nSPS) is 12.4. The van der Waals surface area contributed by atoms with Gasteiger partial charge in [-0.25, -0.2) is 0 Å². The zero-order chi connectivity index (χ0) is 18.1.